The van der Waals surface area contributed by atoms with E-state index in [0.29, 0.717) is 11.6 Å². The molecule has 6 heteroatoms. The summed E-state index contributed by atoms with van der Waals surface area (Å²) in [6.45, 7) is 7.92. The van der Waals surface area contributed by atoms with E-state index in [2.05, 4.69) is 29.5 Å². The Hall–Kier alpha value is -1.98. The van der Waals surface area contributed by atoms with Crippen LogP contribution >= 0.6 is 0 Å². The summed E-state index contributed by atoms with van der Waals surface area (Å²) < 4.78 is 0. The van der Waals surface area contributed by atoms with Crippen LogP contribution < -0.4 is 10.6 Å². The third-order valence-electron chi connectivity index (χ3n) is 3.24. The molecular formula is C14H23N3O3. The van der Waals surface area contributed by atoms with E-state index in [-0.39, 0.29) is 23.5 Å². The van der Waals surface area contributed by atoms with Crippen molar-refractivity contribution in [1.82, 2.24) is 10.3 Å². The van der Waals surface area contributed by atoms with Crippen molar-refractivity contribution >= 4 is 17.7 Å². The highest BCUT2D eigenvalue weighted by molar-refractivity contribution is 5.99. The van der Waals surface area contributed by atoms with Gasteiger partial charge in [-0.25, -0.2) is 9.59 Å². The molecule has 112 valence electrons. The minimum absolute atomic E-state index is 0.00720. The number of hydrogen-bond acceptors (Lipinski definition) is 2. The van der Waals surface area contributed by atoms with Gasteiger partial charge in [-0.05, 0) is 32.3 Å². The number of aromatic nitrogens is 1. The van der Waals surface area contributed by atoms with E-state index in [1.165, 1.54) is 0 Å². The van der Waals surface area contributed by atoms with Crippen molar-refractivity contribution in [3.63, 3.8) is 0 Å². The summed E-state index contributed by atoms with van der Waals surface area (Å²) in [7, 11) is 0. The van der Waals surface area contributed by atoms with Crippen LogP contribution in [0.5, 0.6) is 0 Å². The minimum atomic E-state index is -1.10. The van der Waals surface area contributed by atoms with E-state index < -0.39 is 5.97 Å². The molecule has 0 saturated heterocycles. The SMILES string of the molecule is CCC(C)CC(C)NC(=O)Nc1cc(C)[nH]c1C(=O)O. The monoisotopic (exact) mass is 281 g/mol. The van der Waals surface area contributed by atoms with Crippen molar-refractivity contribution in [3.05, 3.63) is 17.5 Å². The first-order chi connectivity index (χ1) is 9.33. The molecule has 1 rings (SSSR count). The number of aromatic carboxylic acids is 1. The summed E-state index contributed by atoms with van der Waals surface area (Å²) in [5.41, 5.74) is 0.959. The number of urea groups is 1. The van der Waals surface area contributed by atoms with Gasteiger partial charge in [-0.3, -0.25) is 0 Å². The van der Waals surface area contributed by atoms with Gasteiger partial charge in [0.1, 0.15) is 5.69 Å². The maximum atomic E-state index is 11.8. The third kappa shape index (κ3) is 4.60. The molecule has 1 aromatic rings. The van der Waals surface area contributed by atoms with Crippen molar-refractivity contribution in [2.24, 2.45) is 5.92 Å². The van der Waals surface area contributed by atoms with Crippen LogP contribution in [0.4, 0.5) is 10.5 Å². The Morgan fingerprint density at radius 2 is 2.05 bits per heavy atom. The summed E-state index contributed by atoms with van der Waals surface area (Å²) in [4.78, 5) is 25.6. The van der Waals surface area contributed by atoms with Gasteiger partial charge in [0.2, 0.25) is 0 Å². The van der Waals surface area contributed by atoms with Crippen LogP contribution in [0.2, 0.25) is 0 Å². The predicted octanol–water partition coefficient (Wildman–Crippen LogP) is 2.97. The zero-order valence-electron chi connectivity index (χ0n) is 12.4. The number of nitrogens with one attached hydrogen (secondary N) is 3. The summed E-state index contributed by atoms with van der Waals surface area (Å²) >= 11 is 0. The Morgan fingerprint density at radius 1 is 1.40 bits per heavy atom. The van der Waals surface area contributed by atoms with Gasteiger partial charge in [-0.15, -0.1) is 0 Å². The Kier molecular flexibility index (Phi) is 5.61. The molecule has 0 saturated carbocycles. The van der Waals surface area contributed by atoms with Crippen LogP contribution in [0.3, 0.4) is 0 Å². The molecule has 0 bridgehead atoms. The number of amides is 2. The first-order valence-corrected chi connectivity index (χ1v) is 6.83. The topological polar surface area (TPSA) is 94.2 Å². The number of aryl methyl sites for hydroxylation is 1. The van der Waals surface area contributed by atoms with Crippen LogP contribution in [0.25, 0.3) is 0 Å². The Balaban J connectivity index is 2.60. The average Bonchev–Trinajstić information content (AvgIpc) is 2.69. The maximum absolute atomic E-state index is 11.8. The molecule has 2 atom stereocenters. The highest BCUT2D eigenvalue weighted by atomic mass is 16.4. The Bertz CT molecular complexity index is 482. The molecule has 0 aliphatic rings. The lowest BCUT2D eigenvalue weighted by Gasteiger charge is -2.17. The fourth-order valence-electron chi connectivity index (χ4n) is 2.07. The Labute approximate surface area is 119 Å². The smallest absolute Gasteiger partial charge is 0.354 e. The fourth-order valence-corrected chi connectivity index (χ4v) is 2.07. The van der Waals surface area contributed by atoms with Gasteiger partial charge in [-0.1, -0.05) is 20.3 Å². The maximum Gasteiger partial charge on any atom is 0.354 e. The summed E-state index contributed by atoms with van der Waals surface area (Å²) in [6.07, 6.45) is 1.95. The molecule has 2 amide bonds. The van der Waals surface area contributed by atoms with Crippen molar-refractivity contribution in [1.29, 1.82) is 0 Å². The molecule has 20 heavy (non-hydrogen) atoms. The van der Waals surface area contributed by atoms with Crippen LogP contribution in [0.1, 0.15) is 49.8 Å². The van der Waals surface area contributed by atoms with E-state index in [1.807, 2.05) is 6.92 Å². The van der Waals surface area contributed by atoms with Crippen LogP contribution in [0, 0.1) is 12.8 Å². The van der Waals surface area contributed by atoms with Crippen LogP contribution in [0.15, 0.2) is 6.07 Å². The lowest BCUT2D eigenvalue weighted by molar-refractivity contribution is 0.0692. The predicted molar refractivity (Wildman–Crippen MR) is 78.2 cm³/mol. The quantitative estimate of drug-likeness (QED) is 0.645. The standard InChI is InChI=1S/C14H23N3O3/c1-5-8(2)6-9(3)16-14(20)17-11-7-10(4)15-12(11)13(18)19/h7-9,15H,5-6H2,1-4H3,(H,18,19)(H2,16,17,20). The fraction of sp³-hybridized carbons (Fsp3) is 0.571. The third-order valence-corrected chi connectivity index (χ3v) is 3.24. The number of carboxylic acid groups (broad SMARTS) is 1. The summed E-state index contributed by atoms with van der Waals surface area (Å²) in [6, 6.07) is 1.25. The second-order valence-electron chi connectivity index (χ2n) is 5.29. The highest BCUT2D eigenvalue weighted by Gasteiger charge is 2.16. The van der Waals surface area contributed by atoms with Gasteiger partial charge < -0.3 is 20.7 Å². The van der Waals surface area contributed by atoms with Crippen molar-refractivity contribution in [2.45, 2.75) is 46.6 Å². The van der Waals surface area contributed by atoms with Crippen molar-refractivity contribution < 1.29 is 14.7 Å². The molecule has 1 heterocycles. The van der Waals surface area contributed by atoms with E-state index in [0.717, 1.165) is 12.8 Å². The number of H-pyrrole nitrogens is 1. The summed E-state index contributed by atoms with van der Waals surface area (Å²) in [5, 5.41) is 14.4. The second-order valence-corrected chi connectivity index (χ2v) is 5.29. The number of rotatable bonds is 6. The molecule has 6 nitrogen and oxygen atoms in total. The van der Waals surface area contributed by atoms with Crippen LogP contribution in [-0.2, 0) is 0 Å². The van der Waals surface area contributed by atoms with Gasteiger partial charge in [-0.2, -0.15) is 0 Å². The zero-order valence-corrected chi connectivity index (χ0v) is 12.4. The minimum Gasteiger partial charge on any atom is -0.477 e. The lowest BCUT2D eigenvalue weighted by atomic mass is 10.0. The Morgan fingerprint density at radius 3 is 2.60 bits per heavy atom. The van der Waals surface area contributed by atoms with Crippen molar-refractivity contribution in [3.8, 4) is 0 Å². The molecule has 0 spiro atoms. The molecule has 0 aromatic carbocycles. The molecular weight excluding hydrogens is 258 g/mol. The highest BCUT2D eigenvalue weighted by Crippen LogP contribution is 2.17. The molecule has 0 aliphatic heterocycles. The van der Waals surface area contributed by atoms with E-state index in [4.69, 9.17) is 5.11 Å². The number of hydrogen-bond donors (Lipinski definition) is 4. The van der Waals surface area contributed by atoms with Gasteiger partial charge in [0.15, 0.2) is 0 Å². The number of carbonyl (C=O) groups is 2. The summed E-state index contributed by atoms with van der Waals surface area (Å²) in [5.74, 6) is -0.560. The number of carboxylic acids is 1. The van der Waals surface area contributed by atoms with E-state index in [1.54, 1.807) is 13.0 Å². The van der Waals surface area contributed by atoms with Gasteiger partial charge >= 0.3 is 12.0 Å². The lowest BCUT2D eigenvalue weighted by Crippen LogP contribution is -2.37. The molecule has 1 aromatic heterocycles. The van der Waals surface area contributed by atoms with Gasteiger partial charge in [0, 0.05) is 11.7 Å². The molecule has 0 fully saturated rings. The number of aromatic amines is 1. The first kappa shape index (κ1) is 16.1. The van der Waals surface area contributed by atoms with Gasteiger partial charge in [0.05, 0.1) is 5.69 Å². The van der Waals surface area contributed by atoms with E-state index >= 15 is 0 Å². The molecule has 2 unspecified atom stereocenters. The van der Waals surface area contributed by atoms with Gasteiger partial charge in [0.25, 0.3) is 0 Å². The zero-order chi connectivity index (χ0) is 15.3. The average molecular weight is 281 g/mol. The first-order valence-electron chi connectivity index (χ1n) is 6.83. The molecule has 0 radical (unpaired) electrons. The molecule has 0 aliphatic carbocycles. The second kappa shape index (κ2) is 6.98. The largest absolute Gasteiger partial charge is 0.477 e. The normalized spacial score (nSPS) is 13.6. The van der Waals surface area contributed by atoms with Crippen molar-refractivity contribution in [2.75, 3.05) is 5.32 Å². The number of carbonyl (C=O) groups excluding carboxylic acids is 1. The number of anilines is 1. The molecule has 4 N–H and O–H groups in total. The van der Waals surface area contributed by atoms with E-state index in [9.17, 15) is 9.59 Å². The van der Waals surface area contributed by atoms with Crippen LogP contribution in [-0.4, -0.2) is 28.1 Å².